The number of nitrogens with zero attached hydrogens (tertiary/aromatic N) is 4. The van der Waals surface area contributed by atoms with Gasteiger partial charge in [0.15, 0.2) is 0 Å². The molecule has 0 fully saturated rings. The monoisotopic (exact) mass is 452 g/mol. The summed E-state index contributed by atoms with van der Waals surface area (Å²) >= 11 is 7.80. The Balaban J connectivity index is 1.53. The molecule has 0 N–H and O–H groups in total. The van der Waals surface area contributed by atoms with Gasteiger partial charge in [-0.15, -0.1) is 21.5 Å². The van der Waals surface area contributed by atoms with Crippen molar-refractivity contribution < 1.29 is 9.21 Å². The van der Waals surface area contributed by atoms with E-state index in [0.29, 0.717) is 27.9 Å². The second-order valence-electron chi connectivity index (χ2n) is 7.38. The van der Waals surface area contributed by atoms with E-state index in [1.807, 2.05) is 68.6 Å². The molecule has 2 aromatic carbocycles. The maximum absolute atomic E-state index is 13.2. The van der Waals surface area contributed by atoms with Crippen LogP contribution in [0.15, 0.2) is 58.3 Å². The van der Waals surface area contributed by atoms with Crippen molar-refractivity contribution >= 4 is 28.8 Å². The van der Waals surface area contributed by atoms with Crippen LogP contribution in [0.4, 0.5) is 0 Å². The zero-order valence-electron chi connectivity index (χ0n) is 17.4. The molecular weight excluding hydrogens is 432 g/mol. The third kappa shape index (κ3) is 4.68. The van der Waals surface area contributed by atoms with Crippen LogP contribution in [0, 0.1) is 6.92 Å². The average molecular weight is 453 g/mol. The highest BCUT2D eigenvalue weighted by Gasteiger charge is 2.22. The van der Waals surface area contributed by atoms with Gasteiger partial charge in [0.25, 0.3) is 5.91 Å². The normalized spacial score (nSPS) is 11.1. The lowest BCUT2D eigenvalue weighted by Gasteiger charge is -2.25. The molecule has 0 aliphatic carbocycles. The summed E-state index contributed by atoms with van der Waals surface area (Å²) < 4.78 is 5.79. The lowest BCUT2D eigenvalue weighted by atomic mass is 10.1. The van der Waals surface area contributed by atoms with Gasteiger partial charge in [-0.05, 0) is 45.0 Å². The molecule has 158 valence electrons. The molecule has 4 aromatic rings. The second kappa shape index (κ2) is 8.99. The number of aromatic nitrogens is 3. The average Bonchev–Trinajstić information content (AvgIpc) is 3.41. The van der Waals surface area contributed by atoms with E-state index in [0.717, 1.165) is 16.3 Å². The lowest BCUT2D eigenvalue weighted by Crippen LogP contribution is -2.36. The fourth-order valence-electron chi connectivity index (χ4n) is 3.10. The van der Waals surface area contributed by atoms with Crippen molar-refractivity contribution in [2.24, 2.45) is 0 Å². The van der Waals surface area contributed by atoms with E-state index in [-0.39, 0.29) is 18.5 Å². The van der Waals surface area contributed by atoms with Gasteiger partial charge in [0.2, 0.25) is 11.8 Å². The molecule has 0 aliphatic heterocycles. The van der Waals surface area contributed by atoms with E-state index < -0.39 is 0 Å². The predicted octanol–water partition coefficient (Wildman–Crippen LogP) is 5.87. The molecule has 0 saturated heterocycles. The van der Waals surface area contributed by atoms with Gasteiger partial charge in [-0.25, -0.2) is 4.98 Å². The number of hydrogen-bond donors (Lipinski definition) is 0. The smallest absolute Gasteiger partial charge is 0.254 e. The minimum absolute atomic E-state index is 0.0514. The van der Waals surface area contributed by atoms with Gasteiger partial charge in [0.05, 0.1) is 17.1 Å². The van der Waals surface area contributed by atoms with E-state index in [1.54, 1.807) is 22.3 Å². The molecule has 0 radical (unpaired) electrons. The Bertz CT molecular complexity index is 1200. The summed E-state index contributed by atoms with van der Waals surface area (Å²) in [6, 6.07) is 14.7. The van der Waals surface area contributed by atoms with Crippen LogP contribution < -0.4 is 0 Å². The molecule has 1 amide bonds. The van der Waals surface area contributed by atoms with Gasteiger partial charge in [-0.1, -0.05) is 35.9 Å². The minimum atomic E-state index is -0.102. The predicted molar refractivity (Wildman–Crippen MR) is 122 cm³/mol. The Kier molecular flexibility index (Phi) is 6.15. The summed E-state index contributed by atoms with van der Waals surface area (Å²) in [6.07, 6.45) is 0. The van der Waals surface area contributed by atoms with E-state index in [2.05, 4.69) is 15.2 Å². The number of carbonyl (C=O) groups excluding carboxylic acids is 1. The molecule has 2 heterocycles. The number of hydrogen-bond acceptors (Lipinski definition) is 6. The SMILES string of the molecule is Cc1csc(-c2ccc(C(=O)N(Cc3nnc(-c4ccccc4Cl)o3)C(C)C)cc2)n1. The third-order valence-corrected chi connectivity index (χ3v) is 6.10. The first kappa shape index (κ1) is 21.2. The Morgan fingerprint density at radius 1 is 1.13 bits per heavy atom. The highest BCUT2D eigenvalue weighted by Crippen LogP contribution is 2.27. The van der Waals surface area contributed by atoms with Crippen molar-refractivity contribution in [3.8, 4) is 22.0 Å². The first-order chi connectivity index (χ1) is 14.9. The van der Waals surface area contributed by atoms with Crippen LogP contribution >= 0.6 is 22.9 Å². The summed E-state index contributed by atoms with van der Waals surface area (Å²) in [7, 11) is 0. The molecule has 6 nitrogen and oxygen atoms in total. The fourth-order valence-corrected chi connectivity index (χ4v) is 4.12. The standard InChI is InChI=1S/C23H21ClN4O2S/c1-14(2)28(12-20-26-27-21(30-20)18-6-4-5-7-19(18)24)23(29)17-10-8-16(9-11-17)22-25-15(3)13-31-22/h4-11,13-14H,12H2,1-3H3. The number of carbonyl (C=O) groups is 1. The van der Waals surface area contributed by atoms with Crippen LogP contribution in [-0.4, -0.2) is 32.0 Å². The van der Waals surface area contributed by atoms with Gasteiger partial charge < -0.3 is 9.32 Å². The third-order valence-electron chi connectivity index (χ3n) is 4.76. The quantitative estimate of drug-likeness (QED) is 0.365. The van der Waals surface area contributed by atoms with Crippen LogP contribution in [0.5, 0.6) is 0 Å². The Morgan fingerprint density at radius 2 is 1.87 bits per heavy atom. The molecule has 0 atom stereocenters. The summed E-state index contributed by atoms with van der Waals surface area (Å²) in [5, 5.41) is 11.7. The molecule has 0 aliphatic rings. The Labute approximate surface area is 189 Å². The van der Waals surface area contributed by atoms with Crippen molar-refractivity contribution in [1.82, 2.24) is 20.1 Å². The zero-order chi connectivity index (χ0) is 22.0. The number of rotatable bonds is 6. The zero-order valence-corrected chi connectivity index (χ0v) is 18.9. The first-order valence-electron chi connectivity index (χ1n) is 9.83. The van der Waals surface area contributed by atoms with E-state index in [1.165, 1.54) is 0 Å². The van der Waals surface area contributed by atoms with Gasteiger partial charge >= 0.3 is 0 Å². The van der Waals surface area contributed by atoms with Gasteiger partial charge in [-0.2, -0.15) is 0 Å². The maximum atomic E-state index is 13.2. The largest absolute Gasteiger partial charge is 0.419 e. The topological polar surface area (TPSA) is 72.1 Å². The van der Waals surface area contributed by atoms with Crippen LogP contribution in [0.2, 0.25) is 5.02 Å². The van der Waals surface area contributed by atoms with Crippen LogP contribution in [0.3, 0.4) is 0 Å². The highest BCUT2D eigenvalue weighted by atomic mass is 35.5. The van der Waals surface area contributed by atoms with Crippen molar-refractivity contribution in [2.75, 3.05) is 0 Å². The number of halogens is 1. The molecule has 2 aromatic heterocycles. The summed E-state index contributed by atoms with van der Waals surface area (Å²) in [5.74, 6) is 0.584. The Morgan fingerprint density at radius 3 is 2.52 bits per heavy atom. The van der Waals surface area contributed by atoms with Gasteiger partial charge in [-0.3, -0.25) is 4.79 Å². The van der Waals surface area contributed by atoms with Crippen LogP contribution in [0.1, 0.15) is 35.8 Å². The van der Waals surface area contributed by atoms with Gasteiger partial charge in [0.1, 0.15) is 5.01 Å². The van der Waals surface area contributed by atoms with Crippen molar-refractivity contribution in [2.45, 2.75) is 33.4 Å². The van der Waals surface area contributed by atoms with Crippen molar-refractivity contribution in [3.63, 3.8) is 0 Å². The molecule has 0 unspecified atom stereocenters. The minimum Gasteiger partial charge on any atom is -0.419 e. The Hall–Kier alpha value is -3.03. The number of benzene rings is 2. The molecule has 0 bridgehead atoms. The van der Waals surface area contributed by atoms with Crippen molar-refractivity contribution in [1.29, 1.82) is 0 Å². The molecule has 0 saturated carbocycles. The molecule has 8 heteroatoms. The lowest BCUT2D eigenvalue weighted by molar-refractivity contribution is 0.0672. The van der Waals surface area contributed by atoms with Crippen LogP contribution in [-0.2, 0) is 6.54 Å². The van der Waals surface area contributed by atoms with Gasteiger partial charge in [0, 0.05) is 28.2 Å². The van der Waals surface area contributed by atoms with E-state index >= 15 is 0 Å². The number of aryl methyl sites for hydroxylation is 1. The fraction of sp³-hybridized carbons (Fsp3) is 0.217. The molecule has 4 rings (SSSR count). The first-order valence-corrected chi connectivity index (χ1v) is 11.1. The van der Waals surface area contributed by atoms with E-state index in [4.69, 9.17) is 16.0 Å². The van der Waals surface area contributed by atoms with Crippen molar-refractivity contribution in [3.05, 3.63) is 76.1 Å². The highest BCUT2D eigenvalue weighted by molar-refractivity contribution is 7.13. The number of amides is 1. The second-order valence-corrected chi connectivity index (χ2v) is 8.64. The summed E-state index contributed by atoms with van der Waals surface area (Å²) in [6.45, 7) is 6.08. The van der Waals surface area contributed by atoms with E-state index in [9.17, 15) is 4.79 Å². The molecule has 0 spiro atoms. The summed E-state index contributed by atoms with van der Waals surface area (Å²) in [4.78, 5) is 19.4. The summed E-state index contributed by atoms with van der Waals surface area (Å²) in [5.41, 5.74) is 3.24. The maximum Gasteiger partial charge on any atom is 0.254 e. The van der Waals surface area contributed by atoms with Crippen LogP contribution in [0.25, 0.3) is 22.0 Å². The molecular formula is C23H21ClN4O2S. The molecule has 31 heavy (non-hydrogen) atoms. The number of thiazole rings is 1.